The van der Waals surface area contributed by atoms with E-state index in [1.54, 1.807) is 0 Å². The molecule has 11 heteroatoms. The van der Waals surface area contributed by atoms with Crippen molar-refractivity contribution in [1.29, 1.82) is 0 Å². The van der Waals surface area contributed by atoms with Crippen LogP contribution in [0.5, 0.6) is 0 Å². The third-order valence-electron chi connectivity index (χ3n) is 6.54. The van der Waals surface area contributed by atoms with Gasteiger partial charge in [-0.15, -0.1) is 11.3 Å². The number of benzene rings is 2. The number of nitrogens with one attached hydrogen (secondary N) is 2. The fraction of sp³-hybridized carbons (Fsp3) is 0.357. The van der Waals surface area contributed by atoms with E-state index in [-0.39, 0.29) is 36.5 Å². The van der Waals surface area contributed by atoms with Crippen LogP contribution in [0.25, 0.3) is 10.6 Å². The average Bonchev–Trinajstić information content (AvgIpc) is 3.42. The van der Waals surface area contributed by atoms with E-state index in [9.17, 15) is 27.6 Å². The number of hydrogen-bond acceptors (Lipinski definition) is 5. The number of nitrogens with zero attached hydrogens (tertiary/aromatic N) is 2. The Morgan fingerprint density at radius 1 is 0.949 bits per heavy atom. The molecule has 3 aromatic rings. The van der Waals surface area contributed by atoms with Crippen molar-refractivity contribution >= 4 is 29.1 Å². The lowest BCUT2D eigenvalue weighted by Gasteiger charge is -2.23. The molecule has 2 aromatic carbocycles. The first-order chi connectivity index (χ1) is 18.7. The predicted octanol–water partition coefficient (Wildman–Crippen LogP) is 4.86. The Hall–Kier alpha value is -3.73. The van der Waals surface area contributed by atoms with Crippen LogP contribution in [-0.4, -0.2) is 53.8 Å². The first-order valence-corrected chi connectivity index (χ1v) is 13.6. The van der Waals surface area contributed by atoms with Crippen molar-refractivity contribution in [2.75, 3.05) is 26.2 Å². The summed E-state index contributed by atoms with van der Waals surface area (Å²) in [6.45, 7) is 0.813. The summed E-state index contributed by atoms with van der Waals surface area (Å²) in [5.74, 6) is -0.707. The van der Waals surface area contributed by atoms with Gasteiger partial charge in [0.2, 0.25) is 11.8 Å². The highest BCUT2D eigenvalue weighted by Gasteiger charge is 2.30. The van der Waals surface area contributed by atoms with Crippen LogP contribution in [0.2, 0.25) is 0 Å². The zero-order valence-corrected chi connectivity index (χ0v) is 22.0. The molecule has 1 aliphatic rings. The second-order valence-corrected chi connectivity index (χ2v) is 10.2. The Balaban J connectivity index is 1.44. The number of amides is 3. The number of hydrogen-bond donors (Lipinski definition) is 2. The molecule has 0 spiro atoms. The molecule has 0 radical (unpaired) electrons. The monoisotopic (exact) mass is 558 g/mol. The maximum atomic E-state index is 13.3. The number of alkyl halides is 3. The van der Waals surface area contributed by atoms with Gasteiger partial charge in [-0.2, -0.15) is 13.2 Å². The summed E-state index contributed by atoms with van der Waals surface area (Å²) in [5, 5.41) is 7.71. The first kappa shape index (κ1) is 28.3. The van der Waals surface area contributed by atoms with Crippen LogP contribution in [0.3, 0.4) is 0 Å². The van der Waals surface area contributed by atoms with Crippen molar-refractivity contribution in [2.24, 2.45) is 0 Å². The Morgan fingerprint density at radius 2 is 1.67 bits per heavy atom. The van der Waals surface area contributed by atoms with Gasteiger partial charge in [0.05, 0.1) is 12.1 Å². The summed E-state index contributed by atoms with van der Waals surface area (Å²) < 4.78 is 38.6. The first-order valence-electron chi connectivity index (χ1n) is 12.7. The minimum absolute atomic E-state index is 0.0596. The van der Waals surface area contributed by atoms with Crippen LogP contribution >= 0.6 is 11.3 Å². The highest BCUT2D eigenvalue weighted by atomic mass is 32.1. The molecule has 3 amide bonds. The largest absolute Gasteiger partial charge is 0.416 e. The summed E-state index contributed by atoms with van der Waals surface area (Å²) >= 11 is 1.14. The van der Waals surface area contributed by atoms with Gasteiger partial charge in [0.1, 0.15) is 10.7 Å². The van der Waals surface area contributed by atoms with E-state index in [1.807, 2.05) is 30.3 Å². The molecule has 1 saturated heterocycles. The van der Waals surface area contributed by atoms with Gasteiger partial charge >= 0.3 is 6.18 Å². The van der Waals surface area contributed by atoms with E-state index in [4.69, 9.17) is 0 Å². The molecule has 1 unspecified atom stereocenters. The van der Waals surface area contributed by atoms with Gasteiger partial charge < -0.3 is 15.5 Å². The van der Waals surface area contributed by atoms with Gasteiger partial charge in [0.15, 0.2) is 0 Å². The number of carbonyl (C=O) groups excluding carboxylic acids is 3. The van der Waals surface area contributed by atoms with Crippen molar-refractivity contribution < 1.29 is 27.6 Å². The third kappa shape index (κ3) is 7.89. The highest BCUT2D eigenvalue weighted by molar-refractivity contribution is 7.13. The summed E-state index contributed by atoms with van der Waals surface area (Å²) in [4.78, 5) is 44.1. The van der Waals surface area contributed by atoms with Crippen LogP contribution in [0, 0.1) is 0 Å². The second-order valence-electron chi connectivity index (χ2n) is 9.33. The molecular formula is C28H29F3N4O3S. The van der Waals surface area contributed by atoms with Crippen LogP contribution in [0.4, 0.5) is 13.2 Å². The predicted molar refractivity (Wildman–Crippen MR) is 142 cm³/mol. The van der Waals surface area contributed by atoms with Gasteiger partial charge in [0.25, 0.3) is 5.91 Å². The van der Waals surface area contributed by atoms with Crippen molar-refractivity contribution in [1.82, 2.24) is 20.5 Å². The second kappa shape index (κ2) is 12.9. The van der Waals surface area contributed by atoms with E-state index in [2.05, 4.69) is 15.6 Å². The molecule has 7 nitrogen and oxygen atoms in total. The van der Waals surface area contributed by atoms with E-state index >= 15 is 0 Å². The minimum atomic E-state index is -4.44. The Kier molecular flexibility index (Phi) is 9.34. The van der Waals surface area contributed by atoms with Crippen LogP contribution in [-0.2, 0) is 15.8 Å². The van der Waals surface area contributed by atoms with E-state index in [1.165, 1.54) is 22.4 Å². The number of aromatic nitrogens is 1. The fourth-order valence-corrected chi connectivity index (χ4v) is 5.23. The number of thiazole rings is 1. The van der Waals surface area contributed by atoms with Crippen LogP contribution in [0.1, 0.15) is 53.2 Å². The number of carbonyl (C=O) groups is 3. The van der Waals surface area contributed by atoms with E-state index in [0.717, 1.165) is 29.0 Å². The maximum Gasteiger partial charge on any atom is 0.416 e. The molecule has 0 aliphatic carbocycles. The van der Waals surface area contributed by atoms with Crippen molar-refractivity contribution in [2.45, 2.75) is 37.8 Å². The fourth-order valence-electron chi connectivity index (χ4n) is 4.43. The van der Waals surface area contributed by atoms with Gasteiger partial charge in [-0.25, -0.2) is 4.98 Å². The molecule has 1 aromatic heterocycles. The smallest absolute Gasteiger partial charge is 0.356 e. The molecule has 0 saturated carbocycles. The standard InChI is InChI=1S/C28H29F3N4O3S/c29-28(30,31)22-10-7-21(8-11-22)26-34-23(18-39-26)27(38)35-16-4-14-32-24(36)12-9-20(13-15-33-25(37)17-35)19-5-2-1-3-6-19/h1-3,5-8,10-11,18,20H,4,9,12-17H2,(H,32,36)(H,33,37). The zero-order chi connectivity index (χ0) is 27.8. The minimum Gasteiger partial charge on any atom is -0.356 e. The summed E-state index contributed by atoms with van der Waals surface area (Å²) in [6, 6.07) is 14.4. The van der Waals surface area contributed by atoms with Gasteiger partial charge in [0, 0.05) is 37.0 Å². The highest BCUT2D eigenvalue weighted by Crippen LogP contribution is 2.32. The van der Waals surface area contributed by atoms with Crippen molar-refractivity contribution in [3.05, 3.63) is 76.8 Å². The van der Waals surface area contributed by atoms with Gasteiger partial charge in [-0.3, -0.25) is 14.4 Å². The Morgan fingerprint density at radius 3 is 2.38 bits per heavy atom. The molecule has 2 N–H and O–H groups in total. The normalized spacial score (nSPS) is 18.1. The zero-order valence-electron chi connectivity index (χ0n) is 21.2. The summed E-state index contributed by atoms with van der Waals surface area (Å²) in [7, 11) is 0. The lowest BCUT2D eigenvalue weighted by molar-refractivity contribution is -0.137. The lowest BCUT2D eigenvalue weighted by atomic mass is 9.91. The van der Waals surface area contributed by atoms with Crippen molar-refractivity contribution in [3.63, 3.8) is 0 Å². The summed E-state index contributed by atoms with van der Waals surface area (Å²) in [6.07, 6.45) is -2.31. The molecule has 1 atom stereocenters. The SMILES string of the molecule is O=C1CCC(c2ccccc2)CCNC(=O)CN(C(=O)c2csc(-c3ccc(C(F)(F)F)cc3)n2)CCCN1. The van der Waals surface area contributed by atoms with E-state index in [0.29, 0.717) is 49.3 Å². The Bertz CT molecular complexity index is 1280. The lowest BCUT2D eigenvalue weighted by Crippen LogP contribution is -2.42. The van der Waals surface area contributed by atoms with Crippen molar-refractivity contribution in [3.8, 4) is 10.6 Å². The van der Waals surface area contributed by atoms with Crippen LogP contribution in [0.15, 0.2) is 60.0 Å². The summed E-state index contributed by atoms with van der Waals surface area (Å²) in [5.41, 5.74) is 0.910. The quantitative estimate of drug-likeness (QED) is 0.480. The molecule has 2 heterocycles. The van der Waals surface area contributed by atoms with Gasteiger partial charge in [-0.05, 0) is 42.9 Å². The molecular weight excluding hydrogens is 529 g/mol. The average molecular weight is 559 g/mol. The Labute approximate surface area is 228 Å². The molecule has 1 aliphatic heterocycles. The maximum absolute atomic E-state index is 13.3. The molecule has 39 heavy (non-hydrogen) atoms. The number of rotatable bonds is 3. The molecule has 0 bridgehead atoms. The topological polar surface area (TPSA) is 91.4 Å². The van der Waals surface area contributed by atoms with Gasteiger partial charge in [-0.1, -0.05) is 42.5 Å². The molecule has 1 fully saturated rings. The van der Waals surface area contributed by atoms with Crippen LogP contribution < -0.4 is 10.6 Å². The molecule has 206 valence electrons. The molecule has 4 rings (SSSR count). The number of halogens is 3. The van der Waals surface area contributed by atoms with E-state index < -0.39 is 17.6 Å². The third-order valence-corrected chi connectivity index (χ3v) is 7.43.